The molecule has 0 aliphatic rings. The molecule has 7 heteroatoms. The molecular weight excluding hydrogens is 304 g/mol. The Morgan fingerprint density at radius 1 is 1.18 bits per heavy atom. The zero-order chi connectivity index (χ0) is 15.7. The first-order chi connectivity index (χ1) is 10.5. The van der Waals surface area contributed by atoms with Crippen molar-refractivity contribution in [3.8, 4) is 5.75 Å². The highest BCUT2D eigenvalue weighted by Crippen LogP contribution is 2.24. The zero-order valence-corrected chi connectivity index (χ0v) is 12.6. The van der Waals surface area contributed by atoms with Crippen LogP contribution in [0.15, 0.2) is 47.4 Å². The van der Waals surface area contributed by atoms with E-state index in [4.69, 9.17) is 9.29 Å². The lowest BCUT2D eigenvalue weighted by molar-refractivity contribution is 0.415. The van der Waals surface area contributed by atoms with Crippen molar-refractivity contribution in [3.05, 3.63) is 53.7 Å². The fourth-order valence-corrected chi connectivity index (χ4v) is 2.77. The second kappa shape index (κ2) is 5.43. The Balaban J connectivity index is 1.93. The predicted octanol–water partition coefficient (Wildman–Crippen LogP) is 2.41. The summed E-state index contributed by atoms with van der Waals surface area (Å²) in [6, 6.07) is 11.7. The Morgan fingerprint density at radius 3 is 2.55 bits per heavy atom. The number of H-pyrrole nitrogens is 1. The van der Waals surface area contributed by atoms with E-state index in [2.05, 4.69) is 10.2 Å². The number of hydrogen-bond donors (Lipinski definition) is 2. The number of aromatic nitrogens is 2. The molecule has 3 rings (SSSR count). The maximum absolute atomic E-state index is 11.0. The molecule has 0 amide bonds. The average molecular weight is 318 g/mol. The third-order valence-electron chi connectivity index (χ3n) is 3.44. The van der Waals surface area contributed by atoms with Gasteiger partial charge in [-0.3, -0.25) is 9.65 Å². The molecule has 0 aliphatic heterocycles. The Morgan fingerprint density at radius 2 is 1.91 bits per heavy atom. The van der Waals surface area contributed by atoms with E-state index in [1.807, 2.05) is 18.2 Å². The Kier molecular flexibility index (Phi) is 3.59. The molecule has 6 nitrogen and oxygen atoms in total. The molecule has 0 saturated carbocycles. The van der Waals surface area contributed by atoms with Crippen LogP contribution < -0.4 is 4.74 Å². The second-order valence-electron chi connectivity index (χ2n) is 4.88. The fourth-order valence-electron chi connectivity index (χ4n) is 2.29. The fraction of sp³-hybridized carbons (Fsp3) is 0.133. The standard InChI is InChI=1S/C15H14N2O4S/c1-21-11-4-7-14-13(9-11)15(17-16-14)8-10-2-5-12(6-3-10)22(18,19)20/h2-7,9H,8H2,1H3,(H,16,17)(H,18,19,20). The van der Waals surface area contributed by atoms with Crippen molar-refractivity contribution in [2.24, 2.45) is 0 Å². The molecule has 22 heavy (non-hydrogen) atoms. The molecule has 114 valence electrons. The number of nitrogens with one attached hydrogen (secondary N) is 1. The van der Waals surface area contributed by atoms with Gasteiger partial charge in [0.25, 0.3) is 10.1 Å². The number of aromatic amines is 1. The van der Waals surface area contributed by atoms with Crippen molar-refractivity contribution in [2.45, 2.75) is 11.3 Å². The topological polar surface area (TPSA) is 92.3 Å². The SMILES string of the molecule is COc1ccc2n[nH]c(Cc3ccc(S(=O)(=O)O)cc3)c2c1. The minimum atomic E-state index is -4.16. The molecule has 2 aromatic carbocycles. The van der Waals surface area contributed by atoms with Gasteiger partial charge in [-0.25, -0.2) is 0 Å². The van der Waals surface area contributed by atoms with Crippen molar-refractivity contribution < 1.29 is 17.7 Å². The Hall–Kier alpha value is -2.38. The summed E-state index contributed by atoms with van der Waals surface area (Å²) in [4.78, 5) is -0.118. The maximum Gasteiger partial charge on any atom is 0.294 e. The molecule has 3 aromatic rings. The minimum absolute atomic E-state index is 0.118. The van der Waals surface area contributed by atoms with E-state index in [-0.39, 0.29) is 4.90 Å². The van der Waals surface area contributed by atoms with Crippen molar-refractivity contribution in [3.63, 3.8) is 0 Å². The van der Waals surface area contributed by atoms with Crippen LogP contribution >= 0.6 is 0 Å². The number of methoxy groups -OCH3 is 1. The second-order valence-corrected chi connectivity index (χ2v) is 6.30. The first-order valence-corrected chi connectivity index (χ1v) is 7.99. The van der Waals surface area contributed by atoms with Crippen LogP contribution in [0.3, 0.4) is 0 Å². The summed E-state index contributed by atoms with van der Waals surface area (Å²) in [7, 11) is -2.56. The van der Waals surface area contributed by atoms with E-state index in [1.54, 1.807) is 19.2 Å². The molecule has 0 unspecified atom stereocenters. The molecule has 2 N–H and O–H groups in total. The van der Waals surface area contributed by atoms with E-state index < -0.39 is 10.1 Å². The van der Waals surface area contributed by atoms with Crippen molar-refractivity contribution in [2.75, 3.05) is 7.11 Å². The summed E-state index contributed by atoms with van der Waals surface area (Å²) in [5, 5.41) is 8.17. The number of nitrogens with zero attached hydrogens (tertiary/aromatic N) is 1. The normalized spacial score (nSPS) is 11.7. The average Bonchev–Trinajstić information content (AvgIpc) is 2.89. The van der Waals surface area contributed by atoms with Gasteiger partial charge in [0, 0.05) is 17.5 Å². The van der Waals surface area contributed by atoms with Gasteiger partial charge < -0.3 is 4.74 Å². The van der Waals surface area contributed by atoms with Crippen LogP contribution in [0.5, 0.6) is 5.75 Å². The van der Waals surface area contributed by atoms with Crippen LogP contribution in [0.4, 0.5) is 0 Å². The lowest BCUT2D eigenvalue weighted by Crippen LogP contribution is -1.98. The van der Waals surface area contributed by atoms with Gasteiger partial charge in [0.05, 0.1) is 17.5 Å². The number of fused-ring (bicyclic) bond motifs is 1. The number of ether oxygens (including phenoxy) is 1. The smallest absolute Gasteiger partial charge is 0.294 e. The number of rotatable bonds is 4. The monoisotopic (exact) mass is 318 g/mol. The summed E-state index contributed by atoms with van der Waals surface area (Å²) in [6.07, 6.45) is 0.565. The van der Waals surface area contributed by atoms with Crippen LogP contribution in [0.1, 0.15) is 11.3 Å². The van der Waals surface area contributed by atoms with Gasteiger partial charge in [-0.2, -0.15) is 13.5 Å². The summed E-state index contributed by atoms with van der Waals surface area (Å²) < 4.78 is 36.3. The Labute approximate surface area is 127 Å². The van der Waals surface area contributed by atoms with Crippen LogP contribution in [0.25, 0.3) is 10.9 Å². The van der Waals surface area contributed by atoms with E-state index >= 15 is 0 Å². The molecule has 0 atom stereocenters. The Bertz CT molecular complexity index is 914. The molecule has 0 radical (unpaired) electrons. The van der Waals surface area contributed by atoms with Crippen LogP contribution in [-0.4, -0.2) is 30.3 Å². The van der Waals surface area contributed by atoms with Crippen molar-refractivity contribution in [1.82, 2.24) is 10.2 Å². The molecule has 0 spiro atoms. The van der Waals surface area contributed by atoms with E-state index in [9.17, 15) is 8.42 Å². The van der Waals surface area contributed by atoms with E-state index in [1.165, 1.54) is 12.1 Å². The van der Waals surface area contributed by atoms with Gasteiger partial charge in [0.2, 0.25) is 0 Å². The largest absolute Gasteiger partial charge is 0.497 e. The van der Waals surface area contributed by atoms with Gasteiger partial charge >= 0.3 is 0 Å². The first kappa shape index (κ1) is 14.6. The van der Waals surface area contributed by atoms with Gasteiger partial charge in [0.1, 0.15) is 5.75 Å². The van der Waals surface area contributed by atoms with Crippen LogP contribution in [-0.2, 0) is 16.5 Å². The number of hydrogen-bond acceptors (Lipinski definition) is 4. The van der Waals surface area contributed by atoms with Gasteiger partial charge in [-0.15, -0.1) is 0 Å². The summed E-state index contributed by atoms with van der Waals surface area (Å²) in [5.74, 6) is 0.747. The van der Waals surface area contributed by atoms with Gasteiger partial charge in [0.15, 0.2) is 0 Å². The van der Waals surface area contributed by atoms with Crippen LogP contribution in [0, 0.1) is 0 Å². The predicted molar refractivity (Wildman–Crippen MR) is 81.7 cm³/mol. The van der Waals surface area contributed by atoms with Crippen molar-refractivity contribution >= 4 is 21.0 Å². The lowest BCUT2D eigenvalue weighted by atomic mass is 10.1. The zero-order valence-electron chi connectivity index (χ0n) is 11.8. The molecule has 1 heterocycles. The molecule has 0 bridgehead atoms. The molecular formula is C15H14N2O4S. The quantitative estimate of drug-likeness (QED) is 0.721. The highest BCUT2D eigenvalue weighted by Gasteiger charge is 2.10. The maximum atomic E-state index is 11.0. The highest BCUT2D eigenvalue weighted by molar-refractivity contribution is 7.85. The summed E-state index contributed by atoms with van der Waals surface area (Å²) >= 11 is 0. The first-order valence-electron chi connectivity index (χ1n) is 6.55. The summed E-state index contributed by atoms with van der Waals surface area (Å²) in [6.45, 7) is 0. The third kappa shape index (κ3) is 2.81. The molecule has 0 aliphatic carbocycles. The lowest BCUT2D eigenvalue weighted by Gasteiger charge is -2.03. The van der Waals surface area contributed by atoms with E-state index in [0.29, 0.717) is 6.42 Å². The van der Waals surface area contributed by atoms with Crippen LogP contribution in [0.2, 0.25) is 0 Å². The summed E-state index contributed by atoms with van der Waals surface area (Å²) in [5.41, 5.74) is 2.65. The highest BCUT2D eigenvalue weighted by atomic mass is 32.2. The third-order valence-corrected chi connectivity index (χ3v) is 4.31. The van der Waals surface area contributed by atoms with E-state index in [0.717, 1.165) is 27.9 Å². The van der Waals surface area contributed by atoms with Gasteiger partial charge in [-0.1, -0.05) is 12.1 Å². The number of benzene rings is 2. The minimum Gasteiger partial charge on any atom is -0.497 e. The molecule has 0 fully saturated rings. The molecule has 0 saturated heterocycles. The molecule has 1 aromatic heterocycles. The van der Waals surface area contributed by atoms with Gasteiger partial charge in [-0.05, 0) is 35.9 Å². The van der Waals surface area contributed by atoms with Crippen molar-refractivity contribution in [1.29, 1.82) is 0 Å².